The highest BCUT2D eigenvalue weighted by Gasteiger charge is 2.12. The van der Waals surface area contributed by atoms with Crippen molar-refractivity contribution in [1.82, 2.24) is 15.2 Å². The van der Waals surface area contributed by atoms with Gasteiger partial charge in [0.25, 0.3) is 10.9 Å². The molecule has 26 heavy (non-hydrogen) atoms. The SMILES string of the molecule is O=[N+]([O-])c1cccc(CSc2nnc(Cc3c[nH]c4ccccc34)o2)c1. The van der Waals surface area contributed by atoms with Gasteiger partial charge < -0.3 is 9.40 Å². The Kier molecular flexibility index (Phi) is 4.40. The summed E-state index contributed by atoms with van der Waals surface area (Å²) in [6, 6.07) is 14.6. The molecule has 2 aromatic heterocycles. The maximum absolute atomic E-state index is 10.8. The maximum atomic E-state index is 10.8. The first-order valence-corrected chi connectivity index (χ1v) is 8.91. The number of non-ortho nitro benzene ring substituents is 1. The average molecular weight is 366 g/mol. The lowest BCUT2D eigenvalue weighted by Crippen LogP contribution is -1.89. The molecule has 2 heterocycles. The monoisotopic (exact) mass is 366 g/mol. The highest BCUT2D eigenvalue weighted by atomic mass is 32.2. The predicted molar refractivity (Wildman–Crippen MR) is 98.1 cm³/mol. The van der Waals surface area contributed by atoms with Crippen molar-refractivity contribution in [3.63, 3.8) is 0 Å². The van der Waals surface area contributed by atoms with Gasteiger partial charge in [-0.2, -0.15) is 0 Å². The number of aromatic nitrogens is 3. The van der Waals surface area contributed by atoms with Crippen molar-refractivity contribution in [1.29, 1.82) is 0 Å². The second-order valence-electron chi connectivity index (χ2n) is 5.71. The highest BCUT2D eigenvalue weighted by molar-refractivity contribution is 7.98. The van der Waals surface area contributed by atoms with E-state index in [1.807, 2.05) is 30.5 Å². The highest BCUT2D eigenvalue weighted by Crippen LogP contribution is 2.25. The lowest BCUT2D eigenvalue weighted by molar-refractivity contribution is -0.384. The van der Waals surface area contributed by atoms with Crippen LogP contribution in [-0.4, -0.2) is 20.1 Å². The zero-order chi connectivity index (χ0) is 17.9. The van der Waals surface area contributed by atoms with Crippen molar-refractivity contribution in [3.05, 3.63) is 81.9 Å². The quantitative estimate of drug-likeness (QED) is 0.310. The van der Waals surface area contributed by atoms with Gasteiger partial charge in [-0.25, -0.2) is 0 Å². The first kappa shape index (κ1) is 16.3. The van der Waals surface area contributed by atoms with E-state index in [1.54, 1.807) is 12.1 Å². The number of thioether (sulfide) groups is 1. The third-order valence-corrected chi connectivity index (χ3v) is 4.84. The van der Waals surface area contributed by atoms with E-state index < -0.39 is 4.92 Å². The average Bonchev–Trinajstić information content (AvgIpc) is 3.28. The van der Waals surface area contributed by atoms with Gasteiger partial charge in [0.2, 0.25) is 5.89 Å². The normalized spacial score (nSPS) is 11.1. The minimum absolute atomic E-state index is 0.0775. The molecule has 4 aromatic rings. The second-order valence-corrected chi connectivity index (χ2v) is 6.64. The van der Waals surface area contributed by atoms with Crippen LogP contribution < -0.4 is 0 Å². The fourth-order valence-electron chi connectivity index (χ4n) is 2.71. The molecule has 4 rings (SSSR count). The van der Waals surface area contributed by atoms with E-state index in [4.69, 9.17) is 4.42 Å². The van der Waals surface area contributed by atoms with Crippen LogP contribution >= 0.6 is 11.8 Å². The summed E-state index contributed by atoms with van der Waals surface area (Å²) >= 11 is 1.36. The number of nitro benzene ring substituents is 1. The Morgan fingerprint density at radius 2 is 2.04 bits per heavy atom. The van der Waals surface area contributed by atoms with Crippen LogP contribution in [0.1, 0.15) is 17.0 Å². The first-order valence-electron chi connectivity index (χ1n) is 7.92. The van der Waals surface area contributed by atoms with Crippen LogP contribution in [0.15, 0.2) is 64.4 Å². The van der Waals surface area contributed by atoms with E-state index in [0.717, 1.165) is 22.0 Å². The summed E-state index contributed by atoms with van der Waals surface area (Å²) in [5.74, 6) is 1.06. The molecule has 0 bridgehead atoms. The lowest BCUT2D eigenvalue weighted by atomic mass is 10.1. The first-order chi connectivity index (χ1) is 12.7. The standard InChI is InChI=1S/C18H14N4O3S/c23-22(24)14-5-3-4-12(8-14)11-26-18-21-20-17(25-18)9-13-10-19-16-7-2-1-6-15(13)16/h1-8,10,19H,9,11H2. The second kappa shape index (κ2) is 7.01. The van der Waals surface area contributed by atoms with E-state index in [1.165, 1.54) is 17.8 Å². The molecule has 0 saturated heterocycles. The van der Waals surface area contributed by atoms with Crippen LogP contribution in [0.2, 0.25) is 0 Å². The molecule has 0 spiro atoms. The number of nitrogens with one attached hydrogen (secondary N) is 1. The Morgan fingerprint density at radius 3 is 2.92 bits per heavy atom. The molecule has 0 aliphatic heterocycles. The van der Waals surface area contributed by atoms with Gasteiger partial charge in [0.05, 0.1) is 11.3 Å². The third kappa shape index (κ3) is 3.45. The van der Waals surface area contributed by atoms with Crippen LogP contribution in [0, 0.1) is 10.1 Å². The molecular formula is C18H14N4O3S. The summed E-state index contributed by atoms with van der Waals surface area (Å²) in [6.45, 7) is 0. The summed E-state index contributed by atoms with van der Waals surface area (Å²) in [4.78, 5) is 13.7. The number of hydrogen-bond donors (Lipinski definition) is 1. The van der Waals surface area contributed by atoms with Crippen LogP contribution in [0.25, 0.3) is 10.9 Å². The van der Waals surface area contributed by atoms with Crippen molar-refractivity contribution in [2.24, 2.45) is 0 Å². The fraction of sp³-hybridized carbons (Fsp3) is 0.111. The number of benzene rings is 2. The molecule has 0 saturated carbocycles. The summed E-state index contributed by atoms with van der Waals surface area (Å²) in [5.41, 5.74) is 3.08. The van der Waals surface area contributed by atoms with Gasteiger partial charge in [0.1, 0.15) is 0 Å². The molecule has 0 aliphatic rings. The molecule has 2 aromatic carbocycles. The summed E-state index contributed by atoms with van der Waals surface area (Å²) in [6.07, 6.45) is 2.50. The zero-order valence-electron chi connectivity index (χ0n) is 13.6. The predicted octanol–water partition coefficient (Wildman–Crippen LogP) is 4.34. The molecule has 0 atom stereocenters. The van der Waals surface area contributed by atoms with Gasteiger partial charge in [0.15, 0.2) is 0 Å². The zero-order valence-corrected chi connectivity index (χ0v) is 14.4. The van der Waals surface area contributed by atoms with Crippen molar-refractivity contribution < 1.29 is 9.34 Å². The van der Waals surface area contributed by atoms with Crippen LogP contribution in [0.5, 0.6) is 0 Å². The van der Waals surface area contributed by atoms with E-state index in [9.17, 15) is 10.1 Å². The van der Waals surface area contributed by atoms with Gasteiger partial charge in [-0.15, -0.1) is 10.2 Å². The molecule has 0 radical (unpaired) electrons. The third-order valence-electron chi connectivity index (χ3n) is 3.95. The topological polar surface area (TPSA) is 97.9 Å². The fourth-order valence-corrected chi connectivity index (χ4v) is 3.44. The Morgan fingerprint density at radius 1 is 1.15 bits per heavy atom. The number of H-pyrrole nitrogens is 1. The molecule has 0 aliphatic carbocycles. The number of rotatable bonds is 6. The smallest absolute Gasteiger partial charge is 0.276 e. The van der Waals surface area contributed by atoms with E-state index in [2.05, 4.69) is 21.2 Å². The molecule has 130 valence electrons. The molecule has 7 nitrogen and oxygen atoms in total. The van der Waals surface area contributed by atoms with Crippen molar-refractivity contribution in [3.8, 4) is 0 Å². The Bertz CT molecular complexity index is 1070. The Labute approximate surface area is 152 Å². The Balaban J connectivity index is 1.43. The van der Waals surface area contributed by atoms with Gasteiger partial charge in [-0.05, 0) is 17.2 Å². The van der Waals surface area contributed by atoms with E-state index >= 15 is 0 Å². The molecule has 0 fully saturated rings. The van der Waals surface area contributed by atoms with E-state index in [0.29, 0.717) is 23.3 Å². The van der Waals surface area contributed by atoms with Crippen LogP contribution in [0.4, 0.5) is 5.69 Å². The minimum atomic E-state index is -0.403. The number of aromatic amines is 1. The molecule has 8 heteroatoms. The summed E-state index contributed by atoms with van der Waals surface area (Å²) in [5, 5.41) is 20.6. The molecular weight excluding hydrogens is 352 g/mol. The van der Waals surface area contributed by atoms with Crippen molar-refractivity contribution in [2.75, 3.05) is 0 Å². The van der Waals surface area contributed by atoms with Crippen LogP contribution in [-0.2, 0) is 12.2 Å². The van der Waals surface area contributed by atoms with Crippen molar-refractivity contribution >= 4 is 28.4 Å². The number of hydrogen-bond acceptors (Lipinski definition) is 6. The molecule has 0 unspecified atom stereocenters. The van der Waals surface area contributed by atoms with Crippen LogP contribution in [0.3, 0.4) is 0 Å². The summed E-state index contributed by atoms with van der Waals surface area (Å²) in [7, 11) is 0. The number of fused-ring (bicyclic) bond motifs is 1. The number of nitro groups is 1. The largest absolute Gasteiger partial charge is 0.416 e. The summed E-state index contributed by atoms with van der Waals surface area (Å²) < 4.78 is 5.70. The van der Waals surface area contributed by atoms with Gasteiger partial charge in [-0.3, -0.25) is 10.1 Å². The Hall–Kier alpha value is -3.13. The molecule has 1 N–H and O–H groups in total. The van der Waals surface area contributed by atoms with Gasteiger partial charge >= 0.3 is 0 Å². The number of nitrogens with zero attached hydrogens (tertiary/aromatic N) is 3. The maximum Gasteiger partial charge on any atom is 0.276 e. The number of para-hydroxylation sites is 1. The van der Waals surface area contributed by atoms with Crippen molar-refractivity contribution in [2.45, 2.75) is 17.4 Å². The lowest BCUT2D eigenvalue weighted by Gasteiger charge is -1.98. The molecule has 0 amide bonds. The van der Waals surface area contributed by atoms with E-state index in [-0.39, 0.29) is 5.69 Å². The van der Waals surface area contributed by atoms with Gasteiger partial charge in [-0.1, -0.05) is 42.1 Å². The minimum Gasteiger partial charge on any atom is -0.416 e. The van der Waals surface area contributed by atoms with Gasteiger partial charge in [0, 0.05) is 35.0 Å².